The Morgan fingerprint density at radius 1 is 0.941 bits per heavy atom. The van der Waals surface area contributed by atoms with Gasteiger partial charge in [0, 0.05) is 12.4 Å². The average molecular weight is 293 g/mol. The fourth-order valence-corrected chi connectivity index (χ4v) is 1.03. The fraction of sp³-hybridized carbons (Fsp3) is 0. The SMILES string of the molecule is [O]=[Cr](=[O])([OH])[Cl].c1ccc(-c2ccccn2)nc1. The molecule has 0 spiro atoms. The summed E-state index contributed by atoms with van der Waals surface area (Å²) >= 11 is -4.78. The number of hydrogen-bond donors (Lipinski definition) is 1. The van der Waals surface area contributed by atoms with Gasteiger partial charge >= 0.3 is 34.2 Å². The van der Waals surface area contributed by atoms with Crippen molar-refractivity contribution in [3.05, 3.63) is 48.8 Å². The third kappa shape index (κ3) is 6.77. The molecule has 0 aliphatic carbocycles. The van der Waals surface area contributed by atoms with E-state index in [1.54, 1.807) is 12.4 Å². The molecule has 0 amide bonds. The van der Waals surface area contributed by atoms with Gasteiger partial charge in [0.25, 0.3) is 0 Å². The van der Waals surface area contributed by atoms with Gasteiger partial charge in [-0.3, -0.25) is 9.97 Å². The molecule has 2 aromatic rings. The summed E-state index contributed by atoms with van der Waals surface area (Å²) in [7, 11) is 4.13. The van der Waals surface area contributed by atoms with Crippen LogP contribution < -0.4 is 0 Å². The van der Waals surface area contributed by atoms with Gasteiger partial charge < -0.3 is 0 Å². The zero-order chi connectivity index (χ0) is 12.7. The van der Waals surface area contributed by atoms with Crippen LogP contribution in [0.1, 0.15) is 0 Å². The quantitative estimate of drug-likeness (QED) is 0.870. The summed E-state index contributed by atoms with van der Waals surface area (Å²) in [6.07, 6.45) is 3.54. The van der Waals surface area contributed by atoms with Crippen molar-refractivity contribution in [2.45, 2.75) is 0 Å². The van der Waals surface area contributed by atoms with E-state index < -0.39 is 12.4 Å². The van der Waals surface area contributed by atoms with Gasteiger partial charge in [-0.2, -0.15) is 0 Å². The molecule has 2 aromatic heterocycles. The van der Waals surface area contributed by atoms with Gasteiger partial charge in [0.15, 0.2) is 0 Å². The molecule has 0 unspecified atom stereocenters. The molecular formula is C10H9ClCrN2O3. The first kappa shape index (κ1) is 13.7. The second-order valence-corrected chi connectivity index (χ2v) is 5.74. The average Bonchev–Trinajstić information content (AvgIpc) is 2.29. The van der Waals surface area contributed by atoms with E-state index >= 15 is 0 Å². The molecule has 0 aromatic carbocycles. The number of aromatic nitrogens is 2. The van der Waals surface area contributed by atoms with Crippen LogP contribution in [-0.2, 0) is 20.0 Å². The first-order valence-electron chi connectivity index (χ1n) is 4.46. The molecular weight excluding hydrogens is 284 g/mol. The van der Waals surface area contributed by atoms with E-state index in [1.807, 2.05) is 36.4 Å². The largest absolute Gasteiger partial charge is 0.255 e. The van der Waals surface area contributed by atoms with E-state index in [9.17, 15) is 0 Å². The Labute approximate surface area is 104 Å². The van der Waals surface area contributed by atoms with Crippen molar-refractivity contribution < 1.29 is 24.1 Å². The van der Waals surface area contributed by atoms with Gasteiger partial charge in [-0.05, 0) is 24.3 Å². The van der Waals surface area contributed by atoms with Gasteiger partial charge in [-0.1, -0.05) is 12.1 Å². The molecule has 0 radical (unpaired) electrons. The minimum Gasteiger partial charge on any atom is -0.255 e. The minimum atomic E-state index is -4.78. The topological polar surface area (TPSA) is 80.2 Å². The molecule has 0 fully saturated rings. The molecule has 0 saturated heterocycles. The molecule has 5 nitrogen and oxygen atoms in total. The number of hydrogen-bond acceptors (Lipinski definition) is 4. The molecule has 0 saturated carbocycles. The molecule has 17 heavy (non-hydrogen) atoms. The normalized spacial score (nSPS) is 10.2. The maximum atomic E-state index is 9.03. The number of halogens is 1. The standard InChI is InChI=1S/C10H8N2.ClH.Cr.H2O.2O/c1-3-7-11-9(5-1)10-6-2-4-8-12-10;;;;;/h1-8H;1H;;1H2;;/q;;+2;;;/p-2. The zero-order valence-electron chi connectivity index (χ0n) is 8.56. The van der Waals surface area contributed by atoms with Crippen molar-refractivity contribution in [2.75, 3.05) is 0 Å². The van der Waals surface area contributed by atoms with Crippen LogP contribution in [0.4, 0.5) is 0 Å². The summed E-state index contributed by atoms with van der Waals surface area (Å²) in [4.78, 5) is 8.37. The Hall–Kier alpha value is -1.32. The number of rotatable bonds is 1. The van der Waals surface area contributed by atoms with Crippen molar-refractivity contribution >= 4 is 10.0 Å². The Bertz CT molecular complexity index is 501. The van der Waals surface area contributed by atoms with Crippen molar-refractivity contribution in [2.24, 2.45) is 0 Å². The molecule has 2 heterocycles. The summed E-state index contributed by atoms with van der Waals surface area (Å²) in [5.74, 6) is 0. The second-order valence-electron chi connectivity index (χ2n) is 2.84. The summed E-state index contributed by atoms with van der Waals surface area (Å²) < 4.78 is 25.4. The van der Waals surface area contributed by atoms with E-state index in [4.69, 9.17) is 11.8 Å². The van der Waals surface area contributed by atoms with Gasteiger partial charge in [-0.25, -0.2) is 0 Å². The Balaban J connectivity index is 0.000000249. The first-order valence-corrected chi connectivity index (χ1v) is 7.83. The van der Waals surface area contributed by atoms with Crippen LogP contribution in [0.25, 0.3) is 11.4 Å². The first-order chi connectivity index (χ1) is 7.97. The zero-order valence-corrected chi connectivity index (χ0v) is 10.6. The minimum absolute atomic E-state index is 0.915. The summed E-state index contributed by atoms with van der Waals surface area (Å²) in [5, 5.41) is 0. The van der Waals surface area contributed by atoms with Crippen LogP contribution in [0.5, 0.6) is 0 Å². The van der Waals surface area contributed by atoms with E-state index in [1.165, 1.54) is 0 Å². The Morgan fingerprint density at radius 2 is 1.29 bits per heavy atom. The monoisotopic (exact) mass is 292 g/mol. The van der Waals surface area contributed by atoms with E-state index in [0.717, 1.165) is 11.4 Å². The maximum absolute atomic E-state index is 9.03. The molecule has 0 bridgehead atoms. The third-order valence-corrected chi connectivity index (χ3v) is 1.59. The van der Waals surface area contributed by atoms with Crippen LogP contribution in [0.3, 0.4) is 0 Å². The predicted octanol–water partition coefficient (Wildman–Crippen LogP) is 2.04. The predicted molar refractivity (Wildman–Crippen MR) is 56.9 cm³/mol. The van der Waals surface area contributed by atoms with Crippen molar-refractivity contribution in [3.8, 4) is 11.4 Å². The summed E-state index contributed by atoms with van der Waals surface area (Å²) in [5.41, 5.74) is 1.83. The van der Waals surface area contributed by atoms with Gasteiger partial charge in [0.05, 0.1) is 11.4 Å². The van der Waals surface area contributed by atoms with E-state index in [2.05, 4.69) is 20.0 Å². The van der Waals surface area contributed by atoms with Crippen LogP contribution >= 0.6 is 10.0 Å². The summed E-state index contributed by atoms with van der Waals surface area (Å²) in [6, 6.07) is 11.6. The van der Waals surface area contributed by atoms with Crippen LogP contribution in [0.15, 0.2) is 48.8 Å². The summed E-state index contributed by atoms with van der Waals surface area (Å²) in [6.45, 7) is 0. The molecule has 0 atom stereocenters. The van der Waals surface area contributed by atoms with Crippen molar-refractivity contribution in [1.29, 1.82) is 0 Å². The smallest absolute Gasteiger partial charge is 0.0886 e. The number of nitrogens with zero attached hydrogens (tertiary/aromatic N) is 2. The van der Waals surface area contributed by atoms with E-state index in [-0.39, 0.29) is 0 Å². The Morgan fingerprint density at radius 3 is 1.53 bits per heavy atom. The van der Waals surface area contributed by atoms with Gasteiger partial charge in [-0.15, -0.1) is 0 Å². The molecule has 90 valence electrons. The van der Waals surface area contributed by atoms with Crippen molar-refractivity contribution in [3.63, 3.8) is 0 Å². The third-order valence-electron chi connectivity index (χ3n) is 1.59. The Kier molecular flexibility index (Phi) is 5.20. The van der Waals surface area contributed by atoms with Crippen LogP contribution in [0.2, 0.25) is 0 Å². The molecule has 2 rings (SSSR count). The molecule has 0 aliphatic rings. The van der Waals surface area contributed by atoms with E-state index in [0.29, 0.717) is 0 Å². The van der Waals surface area contributed by atoms with Gasteiger partial charge in [0.2, 0.25) is 0 Å². The number of pyridine rings is 2. The molecule has 1 N–H and O–H groups in total. The van der Waals surface area contributed by atoms with Crippen LogP contribution in [0, 0.1) is 0 Å². The van der Waals surface area contributed by atoms with Gasteiger partial charge in [0.1, 0.15) is 0 Å². The molecule has 0 aliphatic heterocycles. The van der Waals surface area contributed by atoms with Crippen LogP contribution in [-0.4, -0.2) is 14.1 Å². The second kappa shape index (κ2) is 6.43. The molecule has 7 heteroatoms. The van der Waals surface area contributed by atoms with Crippen molar-refractivity contribution in [1.82, 2.24) is 9.97 Å². The maximum Gasteiger partial charge on any atom is 0.0886 e. The fourth-order valence-electron chi connectivity index (χ4n) is 1.03.